The molecular formula is C11H10ClFN4O2. The Hall–Kier alpha value is -2.02. The average molecular weight is 285 g/mol. The van der Waals surface area contributed by atoms with Crippen LogP contribution >= 0.6 is 11.6 Å². The van der Waals surface area contributed by atoms with Crippen LogP contribution in [0, 0.1) is 5.82 Å². The first-order chi connectivity index (χ1) is 8.84. The van der Waals surface area contributed by atoms with Crippen LogP contribution < -0.4 is 0 Å². The van der Waals surface area contributed by atoms with Gasteiger partial charge in [0.25, 0.3) is 0 Å². The number of hydrogen-bond donors (Lipinski definition) is 1. The maximum Gasteiger partial charge on any atom is 0.331 e. The van der Waals surface area contributed by atoms with Gasteiger partial charge in [0, 0.05) is 5.02 Å². The van der Waals surface area contributed by atoms with Crippen molar-refractivity contribution in [3.8, 4) is 11.4 Å². The van der Waals surface area contributed by atoms with Gasteiger partial charge in [-0.05, 0) is 42.5 Å². The minimum Gasteiger partial charge on any atom is -0.479 e. The highest BCUT2D eigenvalue weighted by Gasteiger charge is 2.34. The molecule has 0 saturated carbocycles. The fourth-order valence-electron chi connectivity index (χ4n) is 1.49. The fourth-order valence-corrected chi connectivity index (χ4v) is 1.65. The first kappa shape index (κ1) is 13.4. The Labute approximate surface area is 112 Å². The molecule has 0 aliphatic carbocycles. The number of rotatable bonds is 3. The lowest BCUT2D eigenvalue weighted by molar-refractivity contribution is -0.146. The molecule has 0 aliphatic rings. The van der Waals surface area contributed by atoms with Gasteiger partial charge in [-0.3, -0.25) is 0 Å². The number of hydrogen-bond acceptors (Lipinski definition) is 4. The molecule has 0 aliphatic heterocycles. The van der Waals surface area contributed by atoms with Crippen molar-refractivity contribution in [2.75, 3.05) is 0 Å². The molecule has 0 atom stereocenters. The first-order valence-corrected chi connectivity index (χ1v) is 5.69. The van der Waals surface area contributed by atoms with Gasteiger partial charge in [0.15, 0.2) is 11.4 Å². The molecule has 0 fully saturated rings. The minimum absolute atomic E-state index is 0.0292. The summed E-state index contributed by atoms with van der Waals surface area (Å²) in [6.45, 7) is 2.84. The predicted molar refractivity (Wildman–Crippen MR) is 65.2 cm³/mol. The topological polar surface area (TPSA) is 80.9 Å². The second-order valence-electron chi connectivity index (χ2n) is 4.40. The number of carbonyl (C=O) groups is 1. The van der Waals surface area contributed by atoms with Gasteiger partial charge in [0.05, 0.1) is 5.56 Å². The molecule has 1 heterocycles. The third kappa shape index (κ3) is 2.28. The Kier molecular flexibility index (Phi) is 3.23. The molecule has 0 saturated heterocycles. The molecule has 1 N–H and O–H groups in total. The quantitative estimate of drug-likeness (QED) is 0.932. The van der Waals surface area contributed by atoms with Gasteiger partial charge in [-0.1, -0.05) is 11.6 Å². The third-order valence-corrected chi connectivity index (χ3v) is 2.93. The van der Waals surface area contributed by atoms with Crippen LogP contribution in [0.4, 0.5) is 4.39 Å². The maximum atomic E-state index is 13.8. The summed E-state index contributed by atoms with van der Waals surface area (Å²) < 4.78 is 14.9. The van der Waals surface area contributed by atoms with E-state index < -0.39 is 17.3 Å². The van der Waals surface area contributed by atoms with E-state index in [1.165, 1.54) is 26.0 Å². The molecule has 100 valence electrons. The molecule has 0 radical (unpaired) electrons. The van der Waals surface area contributed by atoms with Crippen molar-refractivity contribution in [1.29, 1.82) is 0 Å². The van der Waals surface area contributed by atoms with E-state index in [1.807, 2.05) is 0 Å². The summed E-state index contributed by atoms with van der Waals surface area (Å²) >= 11 is 5.67. The molecular weight excluding hydrogens is 275 g/mol. The first-order valence-electron chi connectivity index (χ1n) is 5.31. The smallest absolute Gasteiger partial charge is 0.331 e. The number of halogens is 2. The summed E-state index contributed by atoms with van der Waals surface area (Å²) in [5.41, 5.74) is -1.31. The molecule has 19 heavy (non-hydrogen) atoms. The van der Waals surface area contributed by atoms with Crippen LogP contribution in [0.2, 0.25) is 5.02 Å². The summed E-state index contributed by atoms with van der Waals surface area (Å²) in [7, 11) is 0. The second kappa shape index (κ2) is 4.58. The summed E-state index contributed by atoms with van der Waals surface area (Å²) in [4.78, 5) is 11.2. The van der Waals surface area contributed by atoms with Crippen LogP contribution in [0.1, 0.15) is 13.8 Å². The third-order valence-electron chi connectivity index (χ3n) is 2.69. The number of tetrazole rings is 1. The van der Waals surface area contributed by atoms with E-state index in [2.05, 4.69) is 15.5 Å². The maximum absolute atomic E-state index is 13.8. The van der Waals surface area contributed by atoms with Crippen LogP contribution in [0.3, 0.4) is 0 Å². The summed E-state index contributed by atoms with van der Waals surface area (Å²) in [6.07, 6.45) is 0. The van der Waals surface area contributed by atoms with Crippen molar-refractivity contribution >= 4 is 17.6 Å². The van der Waals surface area contributed by atoms with Crippen molar-refractivity contribution in [3.05, 3.63) is 29.0 Å². The zero-order valence-electron chi connectivity index (χ0n) is 10.1. The molecule has 1 aromatic carbocycles. The minimum atomic E-state index is -1.40. The van der Waals surface area contributed by atoms with Gasteiger partial charge in [-0.25, -0.2) is 13.9 Å². The van der Waals surface area contributed by atoms with E-state index >= 15 is 0 Å². The van der Waals surface area contributed by atoms with E-state index in [-0.39, 0.29) is 16.4 Å². The van der Waals surface area contributed by atoms with Gasteiger partial charge >= 0.3 is 5.97 Å². The zero-order chi connectivity index (χ0) is 14.2. The highest BCUT2D eigenvalue weighted by atomic mass is 35.5. The molecule has 8 heteroatoms. The number of aromatic nitrogens is 4. The van der Waals surface area contributed by atoms with Gasteiger partial charge in [0.2, 0.25) is 0 Å². The van der Waals surface area contributed by atoms with Gasteiger partial charge in [-0.15, -0.1) is 5.10 Å². The number of benzene rings is 1. The van der Waals surface area contributed by atoms with Crippen LogP contribution in [-0.2, 0) is 10.3 Å². The number of nitrogens with zero attached hydrogens (tertiary/aromatic N) is 4. The van der Waals surface area contributed by atoms with Crippen LogP contribution in [0.15, 0.2) is 18.2 Å². The van der Waals surface area contributed by atoms with Crippen molar-refractivity contribution < 1.29 is 14.3 Å². The Morgan fingerprint density at radius 3 is 2.74 bits per heavy atom. The summed E-state index contributed by atoms with van der Waals surface area (Å²) in [6, 6.07) is 3.99. The van der Waals surface area contributed by atoms with Gasteiger partial charge < -0.3 is 5.11 Å². The summed E-state index contributed by atoms with van der Waals surface area (Å²) in [5, 5.41) is 20.1. The van der Waals surface area contributed by atoms with Crippen molar-refractivity contribution in [2.24, 2.45) is 0 Å². The van der Waals surface area contributed by atoms with Crippen molar-refractivity contribution in [2.45, 2.75) is 19.4 Å². The fraction of sp³-hybridized carbons (Fsp3) is 0.273. The Bertz CT molecular complexity index is 641. The van der Waals surface area contributed by atoms with E-state index in [1.54, 1.807) is 0 Å². The molecule has 2 rings (SSSR count). The van der Waals surface area contributed by atoms with Crippen LogP contribution in [0.25, 0.3) is 11.4 Å². The Balaban J connectivity index is 2.60. The largest absolute Gasteiger partial charge is 0.479 e. The standard InChI is InChI=1S/C11H10ClFN4O2/c1-11(2,10(18)19)17-9(14-15-16-17)7-4-3-6(12)5-8(7)13/h3-5H,1-2H3,(H,18,19). The van der Waals surface area contributed by atoms with Crippen molar-refractivity contribution in [1.82, 2.24) is 20.2 Å². The van der Waals surface area contributed by atoms with E-state index in [4.69, 9.17) is 16.7 Å². The average Bonchev–Trinajstić information content (AvgIpc) is 2.78. The predicted octanol–water partition coefficient (Wildman–Crippen LogP) is 1.95. The van der Waals surface area contributed by atoms with Gasteiger partial charge in [-0.2, -0.15) is 0 Å². The lowest BCUT2D eigenvalue weighted by Crippen LogP contribution is -2.37. The molecule has 0 amide bonds. The lowest BCUT2D eigenvalue weighted by Gasteiger charge is -2.20. The molecule has 6 nitrogen and oxygen atoms in total. The van der Waals surface area contributed by atoms with E-state index in [0.29, 0.717) is 0 Å². The van der Waals surface area contributed by atoms with Crippen LogP contribution in [-0.4, -0.2) is 31.3 Å². The SMILES string of the molecule is CC(C)(C(=O)O)n1nnnc1-c1ccc(Cl)cc1F. The van der Waals surface area contributed by atoms with Crippen molar-refractivity contribution in [3.63, 3.8) is 0 Å². The lowest BCUT2D eigenvalue weighted by atomic mass is 10.1. The summed E-state index contributed by atoms with van der Waals surface area (Å²) in [5.74, 6) is -1.72. The normalized spacial score (nSPS) is 11.6. The van der Waals surface area contributed by atoms with E-state index in [9.17, 15) is 9.18 Å². The number of carboxylic acid groups (broad SMARTS) is 1. The van der Waals surface area contributed by atoms with Gasteiger partial charge in [0.1, 0.15) is 5.82 Å². The highest BCUT2D eigenvalue weighted by molar-refractivity contribution is 6.30. The Morgan fingerprint density at radius 1 is 1.47 bits per heavy atom. The van der Waals surface area contributed by atoms with E-state index in [0.717, 1.165) is 10.7 Å². The Morgan fingerprint density at radius 2 is 2.16 bits per heavy atom. The highest BCUT2D eigenvalue weighted by Crippen LogP contribution is 2.26. The molecule has 0 bridgehead atoms. The molecule has 1 aromatic heterocycles. The number of aliphatic carboxylic acids is 1. The monoisotopic (exact) mass is 284 g/mol. The molecule has 2 aromatic rings. The molecule has 0 spiro atoms. The zero-order valence-corrected chi connectivity index (χ0v) is 10.9. The number of carboxylic acids is 1. The van der Waals surface area contributed by atoms with Crippen LogP contribution in [0.5, 0.6) is 0 Å². The second-order valence-corrected chi connectivity index (χ2v) is 4.84. The molecule has 0 unspecified atom stereocenters.